The first-order valence-corrected chi connectivity index (χ1v) is 11.4. The van der Waals surface area contributed by atoms with Crippen LogP contribution in [0.25, 0.3) is 22.6 Å². The Hall–Kier alpha value is -4.23. The summed E-state index contributed by atoms with van der Waals surface area (Å²) in [5.41, 5.74) is -1.12. The molecule has 1 saturated heterocycles. The summed E-state index contributed by atoms with van der Waals surface area (Å²) in [7, 11) is 2.86. The van der Waals surface area contributed by atoms with E-state index in [-0.39, 0.29) is 35.4 Å². The number of rotatable bonds is 4. The molecule has 1 fully saturated rings. The maximum atomic E-state index is 13.1. The third kappa shape index (κ3) is 4.42. The fraction of sp³-hybridized carbons (Fsp3) is 0.391. The van der Waals surface area contributed by atoms with Crippen molar-refractivity contribution in [2.45, 2.75) is 31.5 Å². The molecule has 0 aliphatic carbocycles. The maximum absolute atomic E-state index is 13.1. The number of nitrogens with zero attached hydrogens (tertiary/aromatic N) is 7. The van der Waals surface area contributed by atoms with Crippen LogP contribution in [0.3, 0.4) is 0 Å². The van der Waals surface area contributed by atoms with Gasteiger partial charge in [-0.25, -0.2) is 9.78 Å². The van der Waals surface area contributed by atoms with Crippen LogP contribution in [0.4, 0.5) is 13.2 Å². The van der Waals surface area contributed by atoms with Crippen molar-refractivity contribution in [2.75, 3.05) is 13.1 Å². The van der Waals surface area contributed by atoms with E-state index in [0.29, 0.717) is 37.4 Å². The first-order valence-electron chi connectivity index (χ1n) is 11.4. The summed E-state index contributed by atoms with van der Waals surface area (Å²) in [6.07, 6.45) is -1.72. The lowest BCUT2D eigenvalue weighted by Gasteiger charge is -2.31. The van der Waals surface area contributed by atoms with Gasteiger partial charge in [-0.05, 0) is 37.1 Å². The highest BCUT2D eigenvalue weighted by molar-refractivity contribution is 5.79. The Labute approximate surface area is 206 Å². The van der Waals surface area contributed by atoms with Crippen LogP contribution in [-0.2, 0) is 31.6 Å². The Bertz CT molecular complexity index is 1600. The third-order valence-corrected chi connectivity index (χ3v) is 6.55. The van der Waals surface area contributed by atoms with Gasteiger partial charge in [-0.2, -0.15) is 13.2 Å². The fourth-order valence-corrected chi connectivity index (χ4v) is 4.49. The molecule has 11 nitrogen and oxygen atoms in total. The fourth-order valence-electron chi connectivity index (χ4n) is 4.49. The van der Waals surface area contributed by atoms with Gasteiger partial charge in [-0.3, -0.25) is 18.7 Å². The van der Waals surface area contributed by atoms with E-state index in [1.165, 1.54) is 41.7 Å². The lowest BCUT2D eigenvalue weighted by molar-refractivity contribution is -0.137. The second kappa shape index (κ2) is 9.01. The minimum atomic E-state index is -4.44. The van der Waals surface area contributed by atoms with Crippen molar-refractivity contribution in [3.05, 3.63) is 62.9 Å². The molecule has 1 amide bonds. The molecule has 4 heterocycles. The molecule has 1 aliphatic heterocycles. The first kappa shape index (κ1) is 24.5. The Kier molecular flexibility index (Phi) is 5.96. The van der Waals surface area contributed by atoms with Crippen molar-refractivity contribution in [1.29, 1.82) is 0 Å². The number of benzene rings is 1. The molecule has 194 valence electrons. The number of amides is 1. The van der Waals surface area contributed by atoms with E-state index in [0.717, 1.165) is 16.7 Å². The Balaban J connectivity index is 1.32. The molecular weight excluding hydrogens is 495 g/mol. The van der Waals surface area contributed by atoms with Gasteiger partial charge >= 0.3 is 11.9 Å². The number of piperidine rings is 1. The minimum Gasteiger partial charge on any atom is -0.420 e. The molecular formula is C23H22F3N7O4. The molecule has 37 heavy (non-hydrogen) atoms. The zero-order valence-electron chi connectivity index (χ0n) is 19.9. The number of halogens is 3. The summed E-state index contributed by atoms with van der Waals surface area (Å²) in [4.78, 5) is 43.7. The molecule has 5 rings (SSSR count). The van der Waals surface area contributed by atoms with E-state index in [9.17, 15) is 27.6 Å². The number of alkyl halides is 3. The molecule has 4 aromatic rings. The van der Waals surface area contributed by atoms with Crippen molar-refractivity contribution in [3.63, 3.8) is 0 Å². The molecule has 1 atom stereocenters. The van der Waals surface area contributed by atoms with E-state index in [2.05, 4.69) is 15.2 Å². The molecule has 1 aromatic carbocycles. The molecule has 0 radical (unpaired) electrons. The number of fused-ring (bicyclic) bond motifs is 1. The van der Waals surface area contributed by atoms with Gasteiger partial charge in [0.05, 0.1) is 17.8 Å². The smallest absolute Gasteiger partial charge is 0.416 e. The van der Waals surface area contributed by atoms with Crippen molar-refractivity contribution in [2.24, 2.45) is 14.1 Å². The Morgan fingerprint density at radius 1 is 1.11 bits per heavy atom. The van der Waals surface area contributed by atoms with Crippen LogP contribution in [0, 0.1) is 0 Å². The van der Waals surface area contributed by atoms with Crippen LogP contribution in [0.5, 0.6) is 0 Å². The van der Waals surface area contributed by atoms with Gasteiger partial charge < -0.3 is 13.9 Å². The number of hydrogen-bond acceptors (Lipinski definition) is 7. The highest BCUT2D eigenvalue weighted by Gasteiger charge is 2.31. The molecule has 14 heteroatoms. The second-order valence-electron chi connectivity index (χ2n) is 8.95. The third-order valence-electron chi connectivity index (χ3n) is 6.55. The number of aromatic nitrogens is 6. The Morgan fingerprint density at radius 2 is 1.84 bits per heavy atom. The van der Waals surface area contributed by atoms with E-state index >= 15 is 0 Å². The monoisotopic (exact) mass is 517 g/mol. The van der Waals surface area contributed by atoms with Crippen LogP contribution >= 0.6 is 0 Å². The summed E-state index contributed by atoms with van der Waals surface area (Å²) in [5.74, 6) is -0.105. The SMILES string of the molecule is Cn1c(=O)c2c(ncn2CC(=O)N2CCCC(c3nnc(-c4ccc(C(F)(F)F)cc4)o3)C2)n(C)c1=O. The predicted molar refractivity (Wildman–Crippen MR) is 124 cm³/mol. The van der Waals surface area contributed by atoms with Crippen molar-refractivity contribution in [3.8, 4) is 11.5 Å². The van der Waals surface area contributed by atoms with Crippen molar-refractivity contribution in [1.82, 2.24) is 33.8 Å². The van der Waals surface area contributed by atoms with E-state index < -0.39 is 23.0 Å². The summed E-state index contributed by atoms with van der Waals surface area (Å²) in [6, 6.07) is 4.44. The average molecular weight is 517 g/mol. The number of aryl methyl sites for hydroxylation is 1. The molecule has 1 aliphatic rings. The topological polar surface area (TPSA) is 121 Å². The summed E-state index contributed by atoms with van der Waals surface area (Å²) < 4.78 is 47.8. The second-order valence-corrected chi connectivity index (χ2v) is 8.95. The van der Waals surface area contributed by atoms with Gasteiger partial charge in [0.1, 0.15) is 6.54 Å². The van der Waals surface area contributed by atoms with Crippen LogP contribution in [0.2, 0.25) is 0 Å². The molecule has 0 bridgehead atoms. The average Bonchev–Trinajstić information content (AvgIpc) is 3.54. The van der Waals surface area contributed by atoms with Gasteiger partial charge in [-0.15, -0.1) is 10.2 Å². The summed E-state index contributed by atoms with van der Waals surface area (Å²) >= 11 is 0. The van der Waals surface area contributed by atoms with Gasteiger partial charge in [0, 0.05) is 32.7 Å². The molecule has 0 N–H and O–H groups in total. The maximum Gasteiger partial charge on any atom is 0.416 e. The van der Waals surface area contributed by atoms with Gasteiger partial charge in [-0.1, -0.05) is 0 Å². The van der Waals surface area contributed by atoms with Gasteiger partial charge in [0.25, 0.3) is 5.56 Å². The largest absolute Gasteiger partial charge is 0.420 e. The van der Waals surface area contributed by atoms with Crippen LogP contribution < -0.4 is 11.2 Å². The highest BCUT2D eigenvalue weighted by atomic mass is 19.4. The van der Waals surface area contributed by atoms with E-state index in [1.54, 1.807) is 4.90 Å². The Morgan fingerprint density at radius 3 is 2.54 bits per heavy atom. The predicted octanol–water partition coefficient (Wildman–Crippen LogP) is 1.91. The van der Waals surface area contributed by atoms with Crippen LogP contribution in [-0.4, -0.2) is 52.8 Å². The number of carbonyl (C=O) groups excluding carboxylic acids is 1. The number of likely N-dealkylation sites (tertiary alicyclic amines) is 1. The van der Waals surface area contributed by atoms with Gasteiger partial charge in [0.2, 0.25) is 17.7 Å². The summed E-state index contributed by atoms with van der Waals surface area (Å²) in [5, 5.41) is 8.04. The normalized spacial score (nSPS) is 16.5. The highest BCUT2D eigenvalue weighted by Crippen LogP contribution is 2.32. The standard InChI is InChI=1S/C23H22F3N7O4/c1-30-18-17(21(35)31(2)22(30)36)33(12-27-18)11-16(34)32-9-3-4-14(10-32)20-29-28-19(37-20)13-5-7-15(8-6-13)23(24,25)26/h5-8,12,14H,3-4,9-11H2,1-2H3. The zero-order chi connectivity index (χ0) is 26.5. The number of hydrogen-bond donors (Lipinski definition) is 0. The first-order chi connectivity index (χ1) is 17.5. The van der Waals surface area contributed by atoms with E-state index in [4.69, 9.17) is 4.42 Å². The minimum absolute atomic E-state index is 0.0958. The number of carbonyl (C=O) groups is 1. The summed E-state index contributed by atoms with van der Waals surface area (Å²) in [6.45, 7) is 0.659. The van der Waals surface area contributed by atoms with E-state index in [1.807, 2.05) is 0 Å². The lowest BCUT2D eigenvalue weighted by Crippen LogP contribution is -2.41. The van der Waals surface area contributed by atoms with Crippen molar-refractivity contribution < 1.29 is 22.4 Å². The zero-order valence-corrected chi connectivity index (χ0v) is 19.9. The van der Waals surface area contributed by atoms with Crippen LogP contribution in [0.15, 0.2) is 44.6 Å². The quantitative estimate of drug-likeness (QED) is 0.405. The molecule has 1 unspecified atom stereocenters. The van der Waals surface area contributed by atoms with Gasteiger partial charge in [0.15, 0.2) is 11.2 Å². The van der Waals surface area contributed by atoms with Crippen molar-refractivity contribution >= 4 is 17.1 Å². The molecule has 0 saturated carbocycles. The lowest BCUT2D eigenvalue weighted by atomic mass is 9.98. The number of imidazole rings is 1. The van der Waals surface area contributed by atoms with Crippen LogP contribution in [0.1, 0.15) is 30.2 Å². The molecule has 0 spiro atoms. The molecule has 3 aromatic heterocycles.